The van der Waals surface area contributed by atoms with Crippen LogP contribution in [0, 0.1) is 6.92 Å². The third-order valence-corrected chi connectivity index (χ3v) is 5.38. The smallest absolute Gasteiger partial charge is 0.0328 e. The third-order valence-electron chi connectivity index (χ3n) is 4.29. The Morgan fingerprint density at radius 1 is 1.00 bits per heavy atom. The Morgan fingerprint density at radius 3 is 2.24 bits per heavy atom. The van der Waals surface area contributed by atoms with Crippen molar-refractivity contribution in [2.45, 2.75) is 77.7 Å². The van der Waals surface area contributed by atoms with Gasteiger partial charge in [0.05, 0.1) is 0 Å². The molecule has 1 rings (SSSR count). The van der Waals surface area contributed by atoms with Gasteiger partial charge in [-0.2, -0.15) is 0 Å². The Labute approximate surface area is 140 Å². The Kier molecular flexibility index (Phi) is 10.0. The van der Waals surface area contributed by atoms with Crippen LogP contribution in [0.2, 0.25) is 0 Å². The maximum Gasteiger partial charge on any atom is 0.0328 e. The third kappa shape index (κ3) is 6.97. The maximum atomic E-state index is 3.74. The first kappa shape index (κ1) is 18.7. The number of hydrogen-bond acceptors (Lipinski definition) is 1. The number of unbranched alkanes of at least 4 members (excludes halogenated alkanes) is 7. The lowest BCUT2D eigenvalue weighted by molar-refractivity contribution is 0.493. The molecule has 120 valence electrons. The summed E-state index contributed by atoms with van der Waals surface area (Å²) in [5, 5.41) is 3.48. The molecule has 1 aromatic carbocycles. The van der Waals surface area contributed by atoms with Crippen molar-refractivity contribution < 1.29 is 0 Å². The van der Waals surface area contributed by atoms with Crippen molar-refractivity contribution in [1.82, 2.24) is 5.32 Å². The fourth-order valence-electron chi connectivity index (χ4n) is 2.88. The van der Waals surface area contributed by atoms with Gasteiger partial charge in [0.2, 0.25) is 0 Å². The number of rotatable bonds is 11. The van der Waals surface area contributed by atoms with Crippen LogP contribution in [0.5, 0.6) is 0 Å². The average molecular weight is 354 g/mol. The normalized spacial score (nSPS) is 12.6. The first-order chi connectivity index (χ1) is 10.2. The van der Waals surface area contributed by atoms with E-state index in [1.165, 1.54) is 73.4 Å². The van der Waals surface area contributed by atoms with Crippen LogP contribution >= 0.6 is 15.9 Å². The number of nitrogens with one attached hydrogen (secondary N) is 1. The summed E-state index contributed by atoms with van der Waals surface area (Å²) >= 11 is 3.74. The molecule has 1 atom stereocenters. The molecule has 0 aliphatic heterocycles. The minimum Gasteiger partial charge on any atom is -0.313 e. The van der Waals surface area contributed by atoms with Gasteiger partial charge in [0.1, 0.15) is 0 Å². The van der Waals surface area contributed by atoms with E-state index >= 15 is 0 Å². The van der Waals surface area contributed by atoms with E-state index in [0.29, 0.717) is 6.04 Å². The van der Waals surface area contributed by atoms with E-state index in [1.807, 2.05) is 0 Å². The second-order valence-electron chi connectivity index (χ2n) is 6.08. The van der Waals surface area contributed by atoms with Gasteiger partial charge in [-0.1, -0.05) is 92.4 Å². The molecule has 1 nitrogen and oxygen atoms in total. The number of halogens is 1. The van der Waals surface area contributed by atoms with Crippen molar-refractivity contribution in [3.05, 3.63) is 33.8 Å². The number of hydrogen-bond donors (Lipinski definition) is 1. The molecule has 21 heavy (non-hydrogen) atoms. The molecule has 0 bridgehead atoms. The summed E-state index contributed by atoms with van der Waals surface area (Å²) < 4.78 is 1.27. The first-order valence-corrected chi connectivity index (χ1v) is 9.42. The lowest BCUT2D eigenvalue weighted by Crippen LogP contribution is -2.17. The molecule has 2 heteroatoms. The van der Waals surface area contributed by atoms with Gasteiger partial charge in [0, 0.05) is 10.5 Å². The molecule has 0 aliphatic rings. The highest BCUT2D eigenvalue weighted by atomic mass is 79.9. The van der Waals surface area contributed by atoms with Crippen LogP contribution in [-0.4, -0.2) is 7.05 Å². The molecule has 0 amide bonds. The molecule has 1 aromatic rings. The Balaban J connectivity index is 2.27. The van der Waals surface area contributed by atoms with Crippen molar-refractivity contribution in [2.75, 3.05) is 7.05 Å². The molecular formula is C19H32BrN. The van der Waals surface area contributed by atoms with Crippen molar-refractivity contribution in [3.63, 3.8) is 0 Å². The molecule has 0 saturated carbocycles. The second kappa shape index (κ2) is 11.3. The van der Waals surface area contributed by atoms with Crippen LogP contribution in [-0.2, 0) is 0 Å². The average Bonchev–Trinajstić information content (AvgIpc) is 2.49. The Hall–Kier alpha value is -0.340. The van der Waals surface area contributed by atoms with Crippen LogP contribution in [0.4, 0.5) is 0 Å². The largest absolute Gasteiger partial charge is 0.313 e. The molecule has 1 N–H and O–H groups in total. The zero-order valence-corrected chi connectivity index (χ0v) is 15.6. The molecule has 0 radical (unpaired) electrons. The summed E-state index contributed by atoms with van der Waals surface area (Å²) in [5.41, 5.74) is 2.73. The van der Waals surface area contributed by atoms with Crippen LogP contribution in [0.1, 0.15) is 81.9 Å². The molecule has 0 saturated heterocycles. The number of benzene rings is 1. The van der Waals surface area contributed by atoms with E-state index in [0.717, 1.165) is 0 Å². The predicted octanol–water partition coefficient (Wildman–Crippen LogP) is 6.55. The van der Waals surface area contributed by atoms with Crippen molar-refractivity contribution in [3.8, 4) is 0 Å². The Morgan fingerprint density at radius 2 is 1.62 bits per heavy atom. The van der Waals surface area contributed by atoms with E-state index in [9.17, 15) is 0 Å². The van der Waals surface area contributed by atoms with Gasteiger partial charge in [0.15, 0.2) is 0 Å². The quantitative estimate of drug-likeness (QED) is 0.444. The summed E-state index contributed by atoms with van der Waals surface area (Å²) in [4.78, 5) is 0. The molecule has 0 fully saturated rings. The van der Waals surface area contributed by atoms with Crippen molar-refractivity contribution in [2.24, 2.45) is 0 Å². The standard InChI is InChI=1S/C19H32BrN/c1-4-5-6-7-8-9-10-11-15-18(21-3)17-14-12-13-16(2)19(17)20/h12-14,18,21H,4-11,15H2,1-3H3. The summed E-state index contributed by atoms with van der Waals surface area (Å²) in [7, 11) is 2.07. The lowest BCUT2D eigenvalue weighted by Gasteiger charge is -2.19. The highest BCUT2D eigenvalue weighted by Gasteiger charge is 2.13. The highest BCUT2D eigenvalue weighted by Crippen LogP contribution is 2.29. The fourth-order valence-corrected chi connectivity index (χ4v) is 3.42. The van der Waals surface area contributed by atoms with Gasteiger partial charge < -0.3 is 5.32 Å². The Bertz CT molecular complexity index is 389. The topological polar surface area (TPSA) is 12.0 Å². The van der Waals surface area contributed by atoms with Crippen LogP contribution in [0.25, 0.3) is 0 Å². The van der Waals surface area contributed by atoms with Gasteiger partial charge in [-0.05, 0) is 31.5 Å². The van der Waals surface area contributed by atoms with Crippen LogP contribution in [0.15, 0.2) is 22.7 Å². The van der Waals surface area contributed by atoms with Crippen LogP contribution < -0.4 is 5.32 Å². The van der Waals surface area contributed by atoms with Gasteiger partial charge in [-0.25, -0.2) is 0 Å². The molecule has 0 spiro atoms. The minimum atomic E-state index is 0.472. The zero-order chi connectivity index (χ0) is 15.5. The van der Waals surface area contributed by atoms with Gasteiger partial charge in [0.25, 0.3) is 0 Å². The SMILES string of the molecule is CCCCCCCCCCC(NC)c1cccc(C)c1Br. The molecule has 0 aliphatic carbocycles. The molecule has 0 aromatic heterocycles. The maximum absolute atomic E-state index is 3.74. The van der Waals surface area contributed by atoms with E-state index in [-0.39, 0.29) is 0 Å². The molecule has 0 heterocycles. The summed E-state index contributed by atoms with van der Waals surface area (Å²) in [6.45, 7) is 4.44. The zero-order valence-electron chi connectivity index (χ0n) is 14.1. The molecular weight excluding hydrogens is 322 g/mol. The highest BCUT2D eigenvalue weighted by molar-refractivity contribution is 9.10. The second-order valence-corrected chi connectivity index (χ2v) is 6.88. The summed E-state index contributed by atoms with van der Waals surface area (Å²) in [5.74, 6) is 0. The molecule has 1 unspecified atom stereocenters. The fraction of sp³-hybridized carbons (Fsp3) is 0.684. The first-order valence-electron chi connectivity index (χ1n) is 8.63. The number of aryl methyl sites for hydroxylation is 1. The lowest BCUT2D eigenvalue weighted by atomic mass is 9.98. The predicted molar refractivity (Wildman–Crippen MR) is 97.9 cm³/mol. The van der Waals surface area contributed by atoms with E-state index in [4.69, 9.17) is 0 Å². The minimum absolute atomic E-state index is 0.472. The van der Waals surface area contributed by atoms with E-state index in [1.54, 1.807) is 0 Å². The van der Waals surface area contributed by atoms with Crippen LogP contribution in [0.3, 0.4) is 0 Å². The summed E-state index contributed by atoms with van der Waals surface area (Å²) in [6, 6.07) is 7.03. The van der Waals surface area contributed by atoms with E-state index in [2.05, 4.69) is 60.3 Å². The van der Waals surface area contributed by atoms with Crippen molar-refractivity contribution >= 4 is 15.9 Å². The van der Waals surface area contributed by atoms with E-state index < -0.39 is 0 Å². The van der Waals surface area contributed by atoms with Gasteiger partial charge >= 0.3 is 0 Å². The monoisotopic (exact) mass is 353 g/mol. The van der Waals surface area contributed by atoms with Gasteiger partial charge in [-0.15, -0.1) is 0 Å². The van der Waals surface area contributed by atoms with Crippen molar-refractivity contribution in [1.29, 1.82) is 0 Å². The summed E-state index contributed by atoms with van der Waals surface area (Å²) in [6.07, 6.45) is 12.3. The van der Waals surface area contributed by atoms with Gasteiger partial charge in [-0.3, -0.25) is 0 Å².